The zero-order valence-corrected chi connectivity index (χ0v) is 10.1. The molecule has 0 bridgehead atoms. The van der Waals surface area contributed by atoms with Crippen LogP contribution in [0.2, 0.25) is 0 Å². The SMILES string of the molecule is C=CCOc1ccc(CC(C)(C)CO)cc1. The Morgan fingerprint density at radius 3 is 2.44 bits per heavy atom. The van der Waals surface area contributed by atoms with Crippen molar-refractivity contribution in [1.82, 2.24) is 0 Å². The van der Waals surface area contributed by atoms with E-state index < -0.39 is 0 Å². The molecule has 2 heteroatoms. The van der Waals surface area contributed by atoms with Crippen LogP contribution in [0.3, 0.4) is 0 Å². The molecule has 0 fully saturated rings. The predicted octanol–water partition coefficient (Wildman–Crippen LogP) is 2.81. The number of ether oxygens (including phenoxy) is 1. The largest absolute Gasteiger partial charge is 0.490 e. The summed E-state index contributed by atoms with van der Waals surface area (Å²) in [7, 11) is 0. The first kappa shape index (κ1) is 12.8. The lowest BCUT2D eigenvalue weighted by Crippen LogP contribution is -2.19. The van der Waals surface area contributed by atoms with Crippen LogP contribution in [0.5, 0.6) is 5.75 Å². The molecule has 2 nitrogen and oxygen atoms in total. The van der Waals surface area contributed by atoms with Crippen LogP contribution in [-0.2, 0) is 6.42 Å². The van der Waals surface area contributed by atoms with Crippen LogP contribution in [0.15, 0.2) is 36.9 Å². The fourth-order valence-corrected chi connectivity index (χ4v) is 1.47. The molecule has 0 saturated carbocycles. The summed E-state index contributed by atoms with van der Waals surface area (Å²) in [4.78, 5) is 0. The van der Waals surface area contributed by atoms with Gasteiger partial charge >= 0.3 is 0 Å². The highest BCUT2D eigenvalue weighted by Gasteiger charge is 2.16. The van der Waals surface area contributed by atoms with Crippen molar-refractivity contribution in [2.45, 2.75) is 20.3 Å². The lowest BCUT2D eigenvalue weighted by Gasteiger charge is -2.21. The minimum Gasteiger partial charge on any atom is -0.490 e. The Morgan fingerprint density at radius 2 is 1.94 bits per heavy atom. The normalized spacial score (nSPS) is 11.2. The zero-order chi connectivity index (χ0) is 12.0. The van der Waals surface area contributed by atoms with Gasteiger partial charge in [-0.1, -0.05) is 38.6 Å². The quantitative estimate of drug-likeness (QED) is 0.747. The molecular weight excluding hydrogens is 200 g/mol. The first-order chi connectivity index (χ1) is 7.57. The number of hydrogen-bond acceptors (Lipinski definition) is 2. The summed E-state index contributed by atoms with van der Waals surface area (Å²) >= 11 is 0. The average Bonchev–Trinajstić information content (AvgIpc) is 2.28. The predicted molar refractivity (Wildman–Crippen MR) is 66.7 cm³/mol. The lowest BCUT2D eigenvalue weighted by atomic mass is 9.87. The molecule has 0 aliphatic heterocycles. The Labute approximate surface area is 97.6 Å². The molecule has 0 heterocycles. The summed E-state index contributed by atoms with van der Waals surface area (Å²) in [6.45, 7) is 8.43. The van der Waals surface area contributed by atoms with Crippen LogP contribution < -0.4 is 4.74 Å². The number of aliphatic hydroxyl groups is 1. The van der Waals surface area contributed by atoms with Crippen molar-refractivity contribution >= 4 is 0 Å². The van der Waals surface area contributed by atoms with E-state index in [0.717, 1.165) is 12.2 Å². The van der Waals surface area contributed by atoms with E-state index >= 15 is 0 Å². The van der Waals surface area contributed by atoms with Crippen molar-refractivity contribution in [3.05, 3.63) is 42.5 Å². The first-order valence-electron chi connectivity index (χ1n) is 5.51. The standard InChI is InChI=1S/C14H20O2/c1-4-9-16-13-7-5-12(6-8-13)10-14(2,3)11-15/h4-8,15H,1,9-11H2,2-3H3. The van der Waals surface area contributed by atoms with E-state index in [1.165, 1.54) is 5.56 Å². The highest BCUT2D eigenvalue weighted by molar-refractivity contribution is 5.28. The topological polar surface area (TPSA) is 29.5 Å². The molecule has 0 unspecified atom stereocenters. The maximum absolute atomic E-state index is 9.19. The van der Waals surface area contributed by atoms with Gasteiger partial charge in [0, 0.05) is 6.61 Å². The Kier molecular flexibility index (Phi) is 4.56. The molecule has 0 spiro atoms. The van der Waals surface area contributed by atoms with Gasteiger partial charge < -0.3 is 9.84 Å². The van der Waals surface area contributed by atoms with Gasteiger partial charge in [-0.15, -0.1) is 0 Å². The van der Waals surface area contributed by atoms with Gasteiger partial charge in [0.1, 0.15) is 12.4 Å². The van der Waals surface area contributed by atoms with Crippen molar-refractivity contribution in [2.24, 2.45) is 5.41 Å². The van der Waals surface area contributed by atoms with Crippen LogP contribution in [0.4, 0.5) is 0 Å². The third-order valence-electron chi connectivity index (χ3n) is 2.40. The molecule has 0 radical (unpaired) electrons. The van der Waals surface area contributed by atoms with Crippen LogP contribution in [0.1, 0.15) is 19.4 Å². The van der Waals surface area contributed by atoms with E-state index in [0.29, 0.717) is 6.61 Å². The smallest absolute Gasteiger partial charge is 0.119 e. The van der Waals surface area contributed by atoms with E-state index in [-0.39, 0.29) is 12.0 Å². The average molecular weight is 220 g/mol. The molecule has 0 aromatic heterocycles. The second-order valence-electron chi connectivity index (χ2n) is 4.74. The molecule has 1 rings (SSSR count). The summed E-state index contributed by atoms with van der Waals surface area (Å²) in [5.41, 5.74) is 1.15. The lowest BCUT2D eigenvalue weighted by molar-refractivity contribution is 0.159. The van der Waals surface area contributed by atoms with Crippen LogP contribution in [0, 0.1) is 5.41 Å². The van der Waals surface area contributed by atoms with Crippen molar-refractivity contribution in [3.63, 3.8) is 0 Å². The Bertz CT molecular complexity index is 325. The fourth-order valence-electron chi connectivity index (χ4n) is 1.47. The molecule has 0 aliphatic carbocycles. The van der Waals surface area contributed by atoms with Crippen LogP contribution in [-0.4, -0.2) is 18.3 Å². The van der Waals surface area contributed by atoms with E-state index in [1.807, 2.05) is 24.3 Å². The molecule has 88 valence electrons. The second kappa shape index (κ2) is 5.71. The van der Waals surface area contributed by atoms with Crippen molar-refractivity contribution in [1.29, 1.82) is 0 Å². The van der Waals surface area contributed by atoms with Gasteiger partial charge in [-0.3, -0.25) is 0 Å². The summed E-state index contributed by atoms with van der Waals surface area (Å²) in [6.07, 6.45) is 2.59. The van der Waals surface area contributed by atoms with E-state index in [2.05, 4.69) is 20.4 Å². The summed E-state index contributed by atoms with van der Waals surface area (Å²) in [6, 6.07) is 7.98. The van der Waals surface area contributed by atoms with Crippen LogP contribution in [0.25, 0.3) is 0 Å². The Balaban J connectivity index is 2.60. The number of hydrogen-bond donors (Lipinski definition) is 1. The molecule has 1 N–H and O–H groups in total. The Morgan fingerprint density at radius 1 is 1.31 bits per heavy atom. The minimum absolute atomic E-state index is 0.0660. The highest BCUT2D eigenvalue weighted by Crippen LogP contribution is 2.22. The molecule has 0 saturated heterocycles. The van der Waals surface area contributed by atoms with Gasteiger partial charge in [0.25, 0.3) is 0 Å². The van der Waals surface area contributed by atoms with Crippen molar-refractivity contribution in [3.8, 4) is 5.75 Å². The number of aliphatic hydroxyl groups excluding tert-OH is 1. The number of benzene rings is 1. The van der Waals surface area contributed by atoms with Gasteiger partial charge in [-0.25, -0.2) is 0 Å². The monoisotopic (exact) mass is 220 g/mol. The van der Waals surface area contributed by atoms with Gasteiger partial charge in [-0.05, 0) is 29.5 Å². The maximum Gasteiger partial charge on any atom is 0.119 e. The molecule has 0 atom stereocenters. The fraction of sp³-hybridized carbons (Fsp3) is 0.429. The third-order valence-corrected chi connectivity index (χ3v) is 2.40. The third kappa shape index (κ3) is 4.07. The summed E-state index contributed by atoms with van der Waals surface area (Å²) in [5, 5.41) is 9.19. The van der Waals surface area contributed by atoms with Gasteiger partial charge in [0.15, 0.2) is 0 Å². The van der Waals surface area contributed by atoms with Crippen molar-refractivity contribution in [2.75, 3.05) is 13.2 Å². The molecular formula is C14H20O2. The second-order valence-corrected chi connectivity index (χ2v) is 4.74. The zero-order valence-electron chi connectivity index (χ0n) is 10.1. The van der Waals surface area contributed by atoms with E-state index in [4.69, 9.17) is 4.74 Å². The van der Waals surface area contributed by atoms with E-state index in [9.17, 15) is 5.11 Å². The molecule has 0 aliphatic rings. The first-order valence-corrected chi connectivity index (χ1v) is 5.51. The van der Waals surface area contributed by atoms with Gasteiger partial charge in [0.2, 0.25) is 0 Å². The molecule has 16 heavy (non-hydrogen) atoms. The van der Waals surface area contributed by atoms with Crippen molar-refractivity contribution < 1.29 is 9.84 Å². The number of rotatable bonds is 6. The molecule has 1 aromatic carbocycles. The minimum atomic E-state index is -0.0660. The van der Waals surface area contributed by atoms with Gasteiger partial charge in [-0.2, -0.15) is 0 Å². The van der Waals surface area contributed by atoms with Gasteiger partial charge in [0.05, 0.1) is 0 Å². The highest BCUT2D eigenvalue weighted by atomic mass is 16.5. The van der Waals surface area contributed by atoms with E-state index in [1.54, 1.807) is 6.08 Å². The summed E-state index contributed by atoms with van der Waals surface area (Å²) < 4.78 is 5.40. The Hall–Kier alpha value is -1.28. The van der Waals surface area contributed by atoms with Crippen LogP contribution >= 0.6 is 0 Å². The molecule has 1 aromatic rings. The molecule has 0 amide bonds. The summed E-state index contributed by atoms with van der Waals surface area (Å²) in [5.74, 6) is 0.852. The maximum atomic E-state index is 9.19.